The second kappa shape index (κ2) is 5.34. The molecule has 1 aromatic rings. The minimum absolute atomic E-state index is 0.0203. The molecule has 0 bridgehead atoms. The molecule has 5 heteroatoms. The largest absolute Gasteiger partial charge is 0.335 e. The summed E-state index contributed by atoms with van der Waals surface area (Å²) in [5, 5.41) is 0. The van der Waals surface area contributed by atoms with Crippen molar-refractivity contribution in [2.24, 2.45) is 11.7 Å². The van der Waals surface area contributed by atoms with E-state index in [0.29, 0.717) is 19.3 Å². The molecule has 1 unspecified atom stereocenters. The van der Waals surface area contributed by atoms with Gasteiger partial charge in [-0.25, -0.2) is 13.8 Å². The summed E-state index contributed by atoms with van der Waals surface area (Å²) in [6.45, 7) is 2.92. The maximum absolute atomic E-state index is 13.1. The summed E-state index contributed by atoms with van der Waals surface area (Å²) < 4.78 is 28.2. The van der Waals surface area contributed by atoms with Crippen LogP contribution in [0.2, 0.25) is 0 Å². The molecule has 0 aliphatic heterocycles. The Hall–Kier alpha value is -0.970. The highest BCUT2D eigenvalue weighted by Crippen LogP contribution is 2.37. The van der Waals surface area contributed by atoms with E-state index in [-0.39, 0.29) is 24.8 Å². The van der Waals surface area contributed by atoms with E-state index in [1.54, 1.807) is 6.20 Å². The van der Waals surface area contributed by atoms with Gasteiger partial charge in [0, 0.05) is 44.2 Å². The Balaban J connectivity index is 1.91. The Kier molecular flexibility index (Phi) is 4.00. The van der Waals surface area contributed by atoms with Gasteiger partial charge in [0.1, 0.15) is 5.82 Å². The zero-order valence-corrected chi connectivity index (χ0v) is 10.8. The smallest absolute Gasteiger partial charge is 0.248 e. The van der Waals surface area contributed by atoms with E-state index in [2.05, 4.69) is 16.5 Å². The molecular weight excluding hydrogens is 236 g/mol. The number of aryl methyl sites for hydroxylation is 1. The number of hydrogen-bond donors (Lipinski definition) is 1. The van der Waals surface area contributed by atoms with Crippen LogP contribution in [0.25, 0.3) is 0 Å². The molecule has 1 atom stereocenters. The van der Waals surface area contributed by atoms with Gasteiger partial charge in [0.2, 0.25) is 5.92 Å². The third-order valence-corrected chi connectivity index (χ3v) is 3.93. The van der Waals surface area contributed by atoms with E-state index in [4.69, 9.17) is 5.73 Å². The van der Waals surface area contributed by atoms with Crippen LogP contribution in [-0.2, 0) is 13.0 Å². The van der Waals surface area contributed by atoms with Gasteiger partial charge in [-0.3, -0.25) is 0 Å². The van der Waals surface area contributed by atoms with Gasteiger partial charge < -0.3 is 10.3 Å². The zero-order chi connectivity index (χ0) is 13.2. The standard InChI is InChI=1S/C13H21F2N3/c1-2-18-8-7-17-12(18)9-11(16)10-3-5-13(14,15)6-4-10/h7-8,10-11H,2-6,9,16H2,1H3. The summed E-state index contributed by atoms with van der Waals surface area (Å²) in [4.78, 5) is 4.29. The lowest BCUT2D eigenvalue weighted by atomic mass is 9.81. The van der Waals surface area contributed by atoms with Gasteiger partial charge in [0.05, 0.1) is 0 Å². The van der Waals surface area contributed by atoms with Crippen molar-refractivity contribution in [2.45, 2.75) is 57.5 Å². The molecule has 1 heterocycles. The highest BCUT2D eigenvalue weighted by atomic mass is 19.3. The van der Waals surface area contributed by atoms with E-state index < -0.39 is 5.92 Å². The number of aromatic nitrogens is 2. The summed E-state index contributed by atoms with van der Waals surface area (Å²) in [6, 6.07) is -0.0613. The van der Waals surface area contributed by atoms with Crippen LogP contribution >= 0.6 is 0 Å². The van der Waals surface area contributed by atoms with Crippen LogP contribution in [-0.4, -0.2) is 21.5 Å². The van der Waals surface area contributed by atoms with Gasteiger partial charge in [-0.05, 0) is 25.7 Å². The lowest BCUT2D eigenvalue weighted by Gasteiger charge is -2.31. The predicted octanol–water partition coefficient (Wildman–Crippen LogP) is 2.60. The highest BCUT2D eigenvalue weighted by Gasteiger charge is 2.36. The Labute approximate surface area is 106 Å². The van der Waals surface area contributed by atoms with Gasteiger partial charge in [-0.2, -0.15) is 0 Å². The molecule has 1 aromatic heterocycles. The fourth-order valence-electron chi connectivity index (χ4n) is 2.69. The number of nitrogens with zero attached hydrogens (tertiary/aromatic N) is 2. The fourth-order valence-corrected chi connectivity index (χ4v) is 2.69. The van der Waals surface area contributed by atoms with Crippen LogP contribution in [0.4, 0.5) is 8.78 Å². The first kappa shape index (κ1) is 13.5. The SMILES string of the molecule is CCn1ccnc1CC(N)C1CCC(F)(F)CC1. The molecule has 0 saturated heterocycles. The average molecular weight is 257 g/mol. The molecule has 1 aliphatic rings. The van der Waals surface area contributed by atoms with Gasteiger partial charge in [-0.15, -0.1) is 0 Å². The molecule has 2 rings (SSSR count). The van der Waals surface area contributed by atoms with Crippen molar-refractivity contribution in [3.8, 4) is 0 Å². The number of imidazole rings is 1. The van der Waals surface area contributed by atoms with Crippen LogP contribution in [0, 0.1) is 5.92 Å². The van der Waals surface area contributed by atoms with Crippen LogP contribution in [0.1, 0.15) is 38.4 Å². The van der Waals surface area contributed by atoms with E-state index in [1.165, 1.54) is 0 Å². The zero-order valence-electron chi connectivity index (χ0n) is 10.8. The van der Waals surface area contributed by atoms with Gasteiger partial charge >= 0.3 is 0 Å². The lowest BCUT2D eigenvalue weighted by Crippen LogP contribution is -2.38. The molecule has 0 spiro atoms. The molecule has 3 nitrogen and oxygen atoms in total. The van der Waals surface area contributed by atoms with Crippen LogP contribution in [0.3, 0.4) is 0 Å². The molecule has 2 N–H and O–H groups in total. The molecule has 0 amide bonds. The summed E-state index contributed by atoms with van der Waals surface area (Å²) in [5.74, 6) is -1.31. The summed E-state index contributed by atoms with van der Waals surface area (Å²) in [6.07, 6.45) is 5.39. The van der Waals surface area contributed by atoms with E-state index in [0.717, 1.165) is 12.4 Å². The predicted molar refractivity (Wildman–Crippen MR) is 66.5 cm³/mol. The van der Waals surface area contributed by atoms with Crippen LogP contribution < -0.4 is 5.73 Å². The number of hydrogen-bond acceptors (Lipinski definition) is 2. The van der Waals surface area contributed by atoms with Crippen molar-refractivity contribution < 1.29 is 8.78 Å². The van der Waals surface area contributed by atoms with E-state index in [9.17, 15) is 8.78 Å². The summed E-state index contributed by atoms with van der Waals surface area (Å²) in [5.41, 5.74) is 6.15. The van der Waals surface area contributed by atoms with Crippen molar-refractivity contribution in [1.29, 1.82) is 0 Å². The molecular formula is C13H21F2N3. The summed E-state index contributed by atoms with van der Waals surface area (Å²) in [7, 11) is 0. The molecule has 0 aromatic carbocycles. The molecule has 1 aliphatic carbocycles. The third-order valence-electron chi connectivity index (χ3n) is 3.93. The molecule has 1 fully saturated rings. The number of halogens is 2. The Morgan fingerprint density at radius 1 is 1.50 bits per heavy atom. The Bertz CT molecular complexity index is 379. The summed E-state index contributed by atoms with van der Waals surface area (Å²) >= 11 is 0. The van der Waals surface area contributed by atoms with Crippen molar-refractivity contribution in [1.82, 2.24) is 9.55 Å². The second-order valence-electron chi connectivity index (χ2n) is 5.19. The van der Waals surface area contributed by atoms with Crippen molar-refractivity contribution in [2.75, 3.05) is 0 Å². The topological polar surface area (TPSA) is 43.8 Å². The minimum Gasteiger partial charge on any atom is -0.335 e. The van der Waals surface area contributed by atoms with Crippen molar-refractivity contribution >= 4 is 0 Å². The molecule has 102 valence electrons. The first-order valence-corrected chi connectivity index (χ1v) is 6.65. The lowest BCUT2D eigenvalue weighted by molar-refractivity contribution is -0.0482. The van der Waals surface area contributed by atoms with Crippen LogP contribution in [0.15, 0.2) is 12.4 Å². The first-order chi connectivity index (χ1) is 8.52. The number of alkyl halides is 2. The quantitative estimate of drug-likeness (QED) is 0.901. The van der Waals surface area contributed by atoms with Gasteiger partial charge in [0.25, 0.3) is 0 Å². The maximum Gasteiger partial charge on any atom is 0.248 e. The number of nitrogens with two attached hydrogens (primary N) is 1. The molecule has 0 radical (unpaired) electrons. The molecule has 1 saturated carbocycles. The Morgan fingerprint density at radius 3 is 2.78 bits per heavy atom. The fraction of sp³-hybridized carbons (Fsp3) is 0.769. The Morgan fingerprint density at radius 2 is 2.17 bits per heavy atom. The number of rotatable bonds is 4. The minimum atomic E-state index is -2.47. The normalized spacial score (nSPS) is 22.0. The second-order valence-corrected chi connectivity index (χ2v) is 5.19. The first-order valence-electron chi connectivity index (χ1n) is 6.65. The van der Waals surface area contributed by atoms with Crippen molar-refractivity contribution in [3.63, 3.8) is 0 Å². The van der Waals surface area contributed by atoms with Gasteiger partial charge in [-0.1, -0.05) is 0 Å². The average Bonchev–Trinajstić information content (AvgIpc) is 2.76. The molecule has 18 heavy (non-hydrogen) atoms. The van der Waals surface area contributed by atoms with E-state index in [1.807, 2.05) is 6.20 Å². The maximum atomic E-state index is 13.1. The van der Waals surface area contributed by atoms with Crippen LogP contribution in [0.5, 0.6) is 0 Å². The van der Waals surface area contributed by atoms with Gasteiger partial charge in [0.15, 0.2) is 0 Å². The highest BCUT2D eigenvalue weighted by molar-refractivity contribution is 4.97. The third kappa shape index (κ3) is 3.07. The van der Waals surface area contributed by atoms with Crippen molar-refractivity contribution in [3.05, 3.63) is 18.2 Å². The monoisotopic (exact) mass is 257 g/mol. The van der Waals surface area contributed by atoms with E-state index >= 15 is 0 Å².